The quantitative estimate of drug-likeness (QED) is 0.773. The summed E-state index contributed by atoms with van der Waals surface area (Å²) in [5.74, 6) is 0.287. The summed E-state index contributed by atoms with van der Waals surface area (Å²) in [5.41, 5.74) is 0.916. The molecule has 2 nitrogen and oxygen atoms in total. The lowest BCUT2D eigenvalue weighted by Gasteiger charge is -2.35. The molecular formula is C12H13NO. The molecule has 1 aromatic rings. The molecule has 1 saturated carbocycles. The van der Waals surface area contributed by atoms with E-state index < -0.39 is 0 Å². The van der Waals surface area contributed by atoms with Crippen LogP contribution in [0.1, 0.15) is 24.8 Å². The van der Waals surface area contributed by atoms with Crippen LogP contribution < -0.4 is 0 Å². The minimum absolute atomic E-state index is 0.145. The van der Waals surface area contributed by atoms with E-state index in [0.29, 0.717) is 0 Å². The smallest absolute Gasteiger partial charge is 0.115 e. The Morgan fingerprint density at radius 3 is 2.71 bits per heavy atom. The standard InChI is InChI=1S/C12H13NO/c13-9-12(5-2-6-12)8-10-3-1-4-11(14)7-10/h1,3-4,7,14H,2,5-6,8H2. The number of nitriles is 1. The first-order chi connectivity index (χ1) is 6.74. The maximum absolute atomic E-state index is 9.29. The number of nitrogens with zero attached hydrogens (tertiary/aromatic N) is 1. The van der Waals surface area contributed by atoms with Crippen LogP contribution in [0.25, 0.3) is 0 Å². The summed E-state index contributed by atoms with van der Waals surface area (Å²) < 4.78 is 0. The fourth-order valence-electron chi connectivity index (χ4n) is 1.99. The van der Waals surface area contributed by atoms with E-state index >= 15 is 0 Å². The molecule has 0 saturated heterocycles. The third kappa shape index (κ3) is 1.58. The van der Waals surface area contributed by atoms with Gasteiger partial charge in [0.1, 0.15) is 5.75 Å². The van der Waals surface area contributed by atoms with Crippen LogP contribution in [0.2, 0.25) is 0 Å². The first-order valence-electron chi connectivity index (χ1n) is 4.93. The van der Waals surface area contributed by atoms with Gasteiger partial charge in [-0.2, -0.15) is 5.26 Å². The molecule has 14 heavy (non-hydrogen) atoms. The Morgan fingerprint density at radius 1 is 1.43 bits per heavy atom. The molecule has 0 aromatic heterocycles. The molecule has 1 aliphatic carbocycles. The van der Waals surface area contributed by atoms with Crippen LogP contribution in [0.5, 0.6) is 5.75 Å². The summed E-state index contributed by atoms with van der Waals surface area (Å²) in [5, 5.41) is 18.3. The van der Waals surface area contributed by atoms with Gasteiger partial charge in [-0.3, -0.25) is 0 Å². The lowest BCUT2D eigenvalue weighted by molar-refractivity contribution is 0.214. The van der Waals surface area contributed by atoms with Crippen molar-refractivity contribution in [2.24, 2.45) is 5.41 Å². The lowest BCUT2D eigenvalue weighted by atomic mass is 9.66. The van der Waals surface area contributed by atoms with Gasteiger partial charge in [-0.1, -0.05) is 18.6 Å². The highest BCUT2D eigenvalue weighted by molar-refractivity contribution is 5.29. The Hall–Kier alpha value is -1.49. The predicted molar refractivity (Wildman–Crippen MR) is 53.7 cm³/mol. The zero-order chi connectivity index (χ0) is 10.0. The normalized spacial score (nSPS) is 18.2. The highest BCUT2D eigenvalue weighted by Crippen LogP contribution is 2.43. The molecule has 72 valence electrons. The summed E-state index contributed by atoms with van der Waals surface area (Å²) in [6, 6.07) is 9.60. The van der Waals surface area contributed by atoms with E-state index in [1.54, 1.807) is 12.1 Å². The maximum Gasteiger partial charge on any atom is 0.115 e. The molecule has 0 atom stereocenters. The molecule has 1 N–H and O–H groups in total. The fraction of sp³-hybridized carbons (Fsp3) is 0.417. The Kier molecular flexibility index (Phi) is 2.17. The summed E-state index contributed by atoms with van der Waals surface area (Å²) in [6.07, 6.45) is 3.93. The molecular weight excluding hydrogens is 174 g/mol. The van der Waals surface area contributed by atoms with Gasteiger partial charge in [-0.25, -0.2) is 0 Å². The number of hydrogen-bond acceptors (Lipinski definition) is 2. The molecule has 1 aliphatic rings. The summed E-state index contributed by atoms with van der Waals surface area (Å²) in [6.45, 7) is 0. The number of phenolic OH excluding ortho intramolecular Hbond substituents is 1. The number of phenols is 1. The molecule has 0 bridgehead atoms. The number of hydrogen-bond donors (Lipinski definition) is 1. The van der Waals surface area contributed by atoms with Gasteiger partial charge >= 0.3 is 0 Å². The van der Waals surface area contributed by atoms with Crippen molar-refractivity contribution in [3.63, 3.8) is 0 Å². The second-order valence-corrected chi connectivity index (χ2v) is 4.09. The van der Waals surface area contributed by atoms with E-state index in [2.05, 4.69) is 6.07 Å². The van der Waals surface area contributed by atoms with Crippen molar-refractivity contribution >= 4 is 0 Å². The van der Waals surface area contributed by atoms with Crippen LogP contribution in [0.4, 0.5) is 0 Å². The summed E-state index contributed by atoms with van der Waals surface area (Å²) in [4.78, 5) is 0. The Morgan fingerprint density at radius 2 is 2.21 bits per heavy atom. The van der Waals surface area contributed by atoms with E-state index in [-0.39, 0.29) is 11.2 Å². The van der Waals surface area contributed by atoms with Crippen LogP contribution >= 0.6 is 0 Å². The van der Waals surface area contributed by atoms with Crippen molar-refractivity contribution in [2.75, 3.05) is 0 Å². The number of rotatable bonds is 2. The third-order valence-electron chi connectivity index (χ3n) is 3.00. The van der Waals surface area contributed by atoms with Crippen molar-refractivity contribution in [1.29, 1.82) is 5.26 Å². The van der Waals surface area contributed by atoms with Crippen LogP contribution in [0.15, 0.2) is 24.3 Å². The molecule has 2 heteroatoms. The van der Waals surface area contributed by atoms with E-state index in [0.717, 1.165) is 31.2 Å². The molecule has 1 aromatic carbocycles. The number of benzene rings is 1. The van der Waals surface area contributed by atoms with Gasteiger partial charge in [0.2, 0.25) is 0 Å². The van der Waals surface area contributed by atoms with Crippen LogP contribution in [-0.2, 0) is 6.42 Å². The van der Waals surface area contributed by atoms with Gasteiger partial charge in [0.15, 0.2) is 0 Å². The Balaban J connectivity index is 2.14. The minimum Gasteiger partial charge on any atom is -0.508 e. The Bertz CT molecular complexity index is 374. The van der Waals surface area contributed by atoms with Crippen LogP contribution in [0, 0.1) is 16.7 Å². The van der Waals surface area contributed by atoms with Crippen molar-refractivity contribution in [3.8, 4) is 11.8 Å². The van der Waals surface area contributed by atoms with Crippen molar-refractivity contribution in [1.82, 2.24) is 0 Å². The SMILES string of the molecule is N#CC1(Cc2cccc(O)c2)CCC1. The first-order valence-corrected chi connectivity index (χ1v) is 4.93. The second kappa shape index (κ2) is 3.34. The van der Waals surface area contributed by atoms with Crippen molar-refractivity contribution in [3.05, 3.63) is 29.8 Å². The molecule has 0 unspecified atom stereocenters. The topological polar surface area (TPSA) is 44.0 Å². The number of aromatic hydroxyl groups is 1. The zero-order valence-electron chi connectivity index (χ0n) is 8.03. The third-order valence-corrected chi connectivity index (χ3v) is 3.00. The molecule has 0 heterocycles. The van der Waals surface area contributed by atoms with Crippen LogP contribution in [0.3, 0.4) is 0 Å². The first kappa shape index (κ1) is 9.08. The van der Waals surface area contributed by atoms with Crippen molar-refractivity contribution < 1.29 is 5.11 Å². The Labute approximate surface area is 83.8 Å². The van der Waals surface area contributed by atoms with Gasteiger partial charge in [0.05, 0.1) is 11.5 Å². The second-order valence-electron chi connectivity index (χ2n) is 4.09. The largest absolute Gasteiger partial charge is 0.508 e. The molecule has 0 spiro atoms. The zero-order valence-corrected chi connectivity index (χ0v) is 8.03. The van der Waals surface area contributed by atoms with Gasteiger partial charge in [-0.15, -0.1) is 0 Å². The highest BCUT2D eigenvalue weighted by atomic mass is 16.3. The molecule has 0 aliphatic heterocycles. The van der Waals surface area contributed by atoms with Gasteiger partial charge in [0.25, 0.3) is 0 Å². The lowest BCUT2D eigenvalue weighted by Crippen LogP contribution is -2.29. The predicted octanol–water partition coefficient (Wildman–Crippen LogP) is 2.63. The molecule has 0 amide bonds. The van der Waals surface area contributed by atoms with E-state index in [1.165, 1.54) is 0 Å². The van der Waals surface area contributed by atoms with Gasteiger partial charge < -0.3 is 5.11 Å². The van der Waals surface area contributed by atoms with E-state index in [1.807, 2.05) is 12.1 Å². The average molecular weight is 187 g/mol. The minimum atomic E-state index is -0.145. The molecule has 2 rings (SSSR count). The highest BCUT2D eigenvalue weighted by Gasteiger charge is 2.37. The monoisotopic (exact) mass is 187 g/mol. The van der Waals surface area contributed by atoms with Gasteiger partial charge in [0, 0.05) is 0 Å². The maximum atomic E-state index is 9.29. The fourth-order valence-corrected chi connectivity index (χ4v) is 1.99. The van der Waals surface area contributed by atoms with Crippen LogP contribution in [-0.4, -0.2) is 5.11 Å². The van der Waals surface area contributed by atoms with Crippen molar-refractivity contribution in [2.45, 2.75) is 25.7 Å². The average Bonchev–Trinajstić information content (AvgIpc) is 2.11. The molecule has 1 fully saturated rings. The van der Waals surface area contributed by atoms with Gasteiger partial charge in [-0.05, 0) is 37.0 Å². The summed E-state index contributed by atoms with van der Waals surface area (Å²) >= 11 is 0. The summed E-state index contributed by atoms with van der Waals surface area (Å²) in [7, 11) is 0. The van der Waals surface area contributed by atoms with E-state index in [9.17, 15) is 5.11 Å². The van der Waals surface area contributed by atoms with E-state index in [4.69, 9.17) is 5.26 Å². The molecule has 0 radical (unpaired) electrons.